The van der Waals surface area contributed by atoms with Crippen molar-refractivity contribution in [2.24, 2.45) is 0 Å². The van der Waals surface area contributed by atoms with Gasteiger partial charge in [-0.3, -0.25) is 9.36 Å². The molecule has 33 heavy (non-hydrogen) atoms. The molecule has 0 aromatic heterocycles. The summed E-state index contributed by atoms with van der Waals surface area (Å²) in [5.41, 5.74) is -0.904. The van der Waals surface area contributed by atoms with Crippen LogP contribution in [0.15, 0.2) is 72.8 Å². The molecule has 0 spiro atoms. The molecule has 4 nitrogen and oxygen atoms in total. The number of unbranched alkanes of at least 4 members (excludes halogenated alkanes) is 2. The van der Waals surface area contributed by atoms with Gasteiger partial charge in [0.2, 0.25) is 7.37 Å². The average Bonchev–Trinajstić information content (AvgIpc) is 2.80. The summed E-state index contributed by atoms with van der Waals surface area (Å²) in [5.74, 6) is -1.01. The first kappa shape index (κ1) is 25.2. The molecule has 0 heterocycles. The Bertz CT molecular complexity index is 1110. The van der Waals surface area contributed by atoms with E-state index < -0.39 is 24.4 Å². The smallest absolute Gasteiger partial charge is 0.315 e. The van der Waals surface area contributed by atoms with E-state index in [1.54, 1.807) is 0 Å². The van der Waals surface area contributed by atoms with Crippen molar-refractivity contribution in [2.45, 2.75) is 69.6 Å². The van der Waals surface area contributed by atoms with Crippen LogP contribution in [0.1, 0.15) is 63.5 Å². The van der Waals surface area contributed by atoms with E-state index in [2.05, 4.69) is 6.92 Å². The summed E-state index contributed by atoms with van der Waals surface area (Å²) in [6.45, 7) is 4.03. The van der Waals surface area contributed by atoms with Crippen molar-refractivity contribution in [1.29, 1.82) is 0 Å². The summed E-state index contributed by atoms with van der Waals surface area (Å²) in [6.07, 6.45) is 3.89. The first-order chi connectivity index (χ1) is 15.9. The maximum atomic E-state index is 14.1. The zero-order valence-corrected chi connectivity index (χ0v) is 20.5. The van der Waals surface area contributed by atoms with E-state index in [-0.39, 0.29) is 6.16 Å². The van der Waals surface area contributed by atoms with E-state index in [0.717, 1.165) is 35.6 Å². The van der Waals surface area contributed by atoms with Crippen LogP contribution in [-0.4, -0.2) is 21.6 Å². The SMILES string of the molecule is CCCCCC(C(CCC)(C(=O)O)c1cccc2ccccc12)P(=O)(O)Cc1ccccc1. The Morgan fingerprint density at radius 1 is 0.909 bits per heavy atom. The average molecular weight is 467 g/mol. The second-order valence-electron chi connectivity index (χ2n) is 8.96. The minimum atomic E-state index is -3.89. The standard InChI is InChI=1S/C28H35O4P/c1-3-5-7-19-26(33(31,32)21-22-13-8-6-9-14-22)28(20-4-2,27(29)30)25-18-12-16-23-15-10-11-17-24(23)25/h6,8-18,26H,3-5,7,19-21H2,1-2H3,(H,29,30)(H,31,32). The molecule has 0 aliphatic heterocycles. The van der Waals surface area contributed by atoms with Gasteiger partial charge < -0.3 is 10.00 Å². The molecule has 3 unspecified atom stereocenters. The summed E-state index contributed by atoms with van der Waals surface area (Å²) < 4.78 is 14.1. The highest BCUT2D eigenvalue weighted by molar-refractivity contribution is 7.58. The first-order valence-electron chi connectivity index (χ1n) is 11.9. The summed E-state index contributed by atoms with van der Waals surface area (Å²) in [7, 11) is -3.89. The van der Waals surface area contributed by atoms with Gasteiger partial charge in [0.05, 0.1) is 5.66 Å². The quantitative estimate of drug-likeness (QED) is 0.216. The second-order valence-corrected chi connectivity index (χ2v) is 11.4. The molecule has 0 aliphatic rings. The van der Waals surface area contributed by atoms with Crippen LogP contribution in [0, 0.1) is 0 Å². The zero-order chi connectivity index (χ0) is 23.9. The van der Waals surface area contributed by atoms with E-state index >= 15 is 0 Å². The zero-order valence-electron chi connectivity index (χ0n) is 19.6. The van der Waals surface area contributed by atoms with Crippen LogP contribution in [0.3, 0.4) is 0 Å². The van der Waals surface area contributed by atoms with Gasteiger partial charge in [-0.2, -0.15) is 0 Å². The van der Waals surface area contributed by atoms with E-state index in [9.17, 15) is 19.4 Å². The van der Waals surface area contributed by atoms with Crippen molar-refractivity contribution >= 4 is 24.1 Å². The van der Waals surface area contributed by atoms with Crippen molar-refractivity contribution in [3.05, 3.63) is 83.9 Å². The molecule has 5 heteroatoms. The molecule has 0 aliphatic carbocycles. The molecule has 3 rings (SSSR count). The molecule has 0 fully saturated rings. The Kier molecular flexibility index (Phi) is 8.51. The topological polar surface area (TPSA) is 74.6 Å². The Morgan fingerprint density at radius 2 is 1.58 bits per heavy atom. The van der Waals surface area contributed by atoms with Gasteiger partial charge >= 0.3 is 5.97 Å². The first-order valence-corrected chi connectivity index (χ1v) is 13.8. The van der Waals surface area contributed by atoms with Gasteiger partial charge in [-0.1, -0.05) is 112 Å². The molecular weight excluding hydrogens is 431 g/mol. The number of carboxylic acid groups (broad SMARTS) is 1. The largest absolute Gasteiger partial charge is 0.481 e. The number of carbonyl (C=O) groups is 1. The fraction of sp³-hybridized carbons (Fsp3) is 0.393. The predicted molar refractivity (Wildman–Crippen MR) is 136 cm³/mol. The molecule has 3 atom stereocenters. The molecule has 3 aromatic carbocycles. The molecule has 0 radical (unpaired) electrons. The highest BCUT2D eigenvalue weighted by atomic mass is 31.2. The molecule has 0 saturated heterocycles. The van der Waals surface area contributed by atoms with Crippen molar-refractivity contribution in [3.63, 3.8) is 0 Å². The van der Waals surface area contributed by atoms with Crippen LogP contribution in [0.4, 0.5) is 0 Å². The van der Waals surface area contributed by atoms with Crippen LogP contribution < -0.4 is 0 Å². The summed E-state index contributed by atoms with van der Waals surface area (Å²) >= 11 is 0. The number of hydrogen-bond acceptors (Lipinski definition) is 2. The van der Waals surface area contributed by atoms with E-state index in [1.807, 2.05) is 79.7 Å². The molecule has 176 valence electrons. The van der Waals surface area contributed by atoms with Crippen molar-refractivity contribution in [3.8, 4) is 0 Å². The lowest BCUT2D eigenvalue weighted by atomic mass is 9.71. The third-order valence-electron chi connectivity index (χ3n) is 6.69. The van der Waals surface area contributed by atoms with Crippen LogP contribution in [0.5, 0.6) is 0 Å². The number of carboxylic acids is 1. The molecule has 0 amide bonds. The third-order valence-corrected chi connectivity index (χ3v) is 9.18. The Hall–Kier alpha value is -2.42. The van der Waals surface area contributed by atoms with Gasteiger partial charge in [0.25, 0.3) is 0 Å². The van der Waals surface area contributed by atoms with Gasteiger partial charge in [0.1, 0.15) is 5.41 Å². The molecule has 0 bridgehead atoms. The molecule has 2 N–H and O–H groups in total. The summed E-state index contributed by atoms with van der Waals surface area (Å²) in [5, 5.41) is 12.6. The molecular formula is C28H35O4P. The van der Waals surface area contributed by atoms with Gasteiger partial charge in [0.15, 0.2) is 0 Å². The maximum Gasteiger partial charge on any atom is 0.315 e. The van der Waals surface area contributed by atoms with E-state index in [0.29, 0.717) is 24.8 Å². The second kappa shape index (κ2) is 11.1. The minimum absolute atomic E-state index is 0.0197. The summed E-state index contributed by atoms with van der Waals surface area (Å²) in [6, 6.07) is 22.7. The van der Waals surface area contributed by atoms with Gasteiger partial charge in [0, 0.05) is 6.16 Å². The van der Waals surface area contributed by atoms with Crippen molar-refractivity contribution in [2.75, 3.05) is 0 Å². The van der Waals surface area contributed by atoms with E-state index in [4.69, 9.17) is 0 Å². The summed E-state index contributed by atoms with van der Waals surface area (Å²) in [4.78, 5) is 24.8. The lowest BCUT2D eigenvalue weighted by Crippen LogP contribution is -2.47. The third kappa shape index (κ3) is 5.39. The fourth-order valence-electron chi connectivity index (χ4n) is 5.19. The van der Waals surface area contributed by atoms with Gasteiger partial charge in [-0.25, -0.2) is 0 Å². The maximum absolute atomic E-state index is 14.1. The van der Waals surface area contributed by atoms with Crippen LogP contribution in [-0.2, 0) is 20.9 Å². The lowest BCUT2D eigenvalue weighted by Gasteiger charge is -2.40. The number of hydrogen-bond donors (Lipinski definition) is 2. The van der Waals surface area contributed by atoms with Crippen LogP contribution >= 0.6 is 7.37 Å². The Labute approximate surface area is 197 Å². The Balaban J connectivity index is 2.23. The number of rotatable bonds is 12. The number of fused-ring (bicyclic) bond motifs is 1. The number of benzene rings is 3. The number of aliphatic carboxylic acids is 1. The van der Waals surface area contributed by atoms with Gasteiger partial charge in [-0.15, -0.1) is 0 Å². The van der Waals surface area contributed by atoms with Crippen molar-refractivity contribution in [1.82, 2.24) is 0 Å². The minimum Gasteiger partial charge on any atom is -0.481 e. The van der Waals surface area contributed by atoms with Crippen LogP contribution in [0.25, 0.3) is 10.8 Å². The highest BCUT2D eigenvalue weighted by Gasteiger charge is 2.54. The van der Waals surface area contributed by atoms with Crippen LogP contribution in [0.2, 0.25) is 0 Å². The van der Waals surface area contributed by atoms with E-state index in [1.165, 1.54) is 0 Å². The van der Waals surface area contributed by atoms with Crippen molar-refractivity contribution < 1.29 is 19.4 Å². The predicted octanol–water partition coefficient (Wildman–Crippen LogP) is 7.38. The normalized spacial score (nSPS) is 16.1. The highest BCUT2D eigenvalue weighted by Crippen LogP contribution is 2.60. The molecule has 3 aromatic rings. The Morgan fingerprint density at radius 3 is 2.24 bits per heavy atom. The lowest BCUT2D eigenvalue weighted by molar-refractivity contribution is -0.144. The monoisotopic (exact) mass is 466 g/mol. The van der Waals surface area contributed by atoms with Gasteiger partial charge in [-0.05, 0) is 34.7 Å². The molecule has 0 saturated carbocycles. The fourth-order valence-corrected chi connectivity index (χ4v) is 7.80.